The lowest BCUT2D eigenvalue weighted by atomic mass is 10.1. The van der Waals surface area contributed by atoms with E-state index in [4.69, 9.17) is 5.73 Å². The quantitative estimate of drug-likeness (QED) is 0.817. The predicted octanol–water partition coefficient (Wildman–Crippen LogP) is 3.36. The van der Waals surface area contributed by atoms with E-state index in [9.17, 15) is 0 Å². The van der Waals surface area contributed by atoms with Crippen molar-refractivity contribution >= 4 is 22.3 Å². The van der Waals surface area contributed by atoms with E-state index in [1.165, 1.54) is 35.9 Å². The first-order valence-corrected chi connectivity index (χ1v) is 7.91. The molecule has 1 aromatic heterocycles. The van der Waals surface area contributed by atoms with E-state index >= 15 is 0 Å². The SMILES string of the molecule is CC(C)(C)n1ncc2c(N3CCC4(CC4)C3)c(N)ccc21. The summed E-state index contributed by atoms with van der Waals surface area (Å²) in [6, 6.07) is 4.15. The Kier molecular flexibility index (Phi) is 2.43. The topological polar surface area (TPSA) is 47.1 Å². The van der Waals surface area contributed by atoms with Crippen molar-refractivity contribution in [2.45, 2.75) is 45.6 Å². The van der Waals surface area contributed by atoms with Gasteiger partial charge in [-0.15, -0.1) is 0 Å². The Balaban J connectivity index is 1.84. The van der Waals surface area contributed by atoms with Gasteiger partial charge in [0.05, 0.1) is 28.6 Å². The van der Waals surface area contributed by atoms with Gasteiger partial charge in [-0.05, 0) is 57.6 Å². The highest BCUT2D eigenvalue weighted by atomic mass is 15.3. The van der Waals surface area contributed by atoms with Gasteiger partial charge < -0.3 is 10.6 Å². The van der Waals surface area contributed by atoms with Crippen LogP contribution in [0.25, 0.3) is 10.9 Å². The van der Waals surface area contributed by atoms with Gasteiger partial charge in [0.15, 0.2) is 0 Å². The Bertz CT molecular complexity index is 703. The zero-order valence-electron chi connectivity index (χ0n) is 13.2. The van der Waals surface area contributed by atoms with Crippen molar-refractivity contribution in [2.24, 2.45) is 5.41 Å². The van der Waals surface area contributed by atoms with Gasteiger partial charge in [-0.1, -0.05) is 0 Å². The lowest BCUT2D eigenvalue weighted by molar-refractivity contribution is 0.368. The molecular formula is C17H24N4. The molecule has 4 heteroatoms. The first kappa shape index (κ1) is 13.0. The minimum atomic E-state index is -0.0160. The number of benzene rings is 1. The van der Waals surface area contributed by atoms with Crippen LogP contribution in [0, 0.1) is 5.41 Å². The van der Waals surface area contributed by atoms with Gasteiger partial charge in [0.2, 0.25) is 0 Å². The molecule has 2 aliphatic rings. The molecule has 1 saturated carbocycles. The maximum atomic E-state index is 6.32. The van der Waals surface area contributed by atoms with Crippen LogP contribution in [0.15, 0.2) is 18.3 Å². The van der Waals surface area contributed by atoms with E-state index in [-0.39, 0.29) is 5.54 Å². The average molecular weight is 284 g/mol. The molecule has 1 saturated heterocycles. The Labute approximate surface area is 125 Å². The summed E-state index contributed by atoms with van der Waals surface area (Å²) in [5.74, 6) is 0. The number of anilines is 2. The summed E-state index contributed by atoms with van der Waals surface area (Å²) in [6.45, 7) is 8.85. The molecule has 2 N–H and O–H groups in total. The third-order valence-corrected chi connectivity index (χ3v) is 5.10. The van der Waals surface area contributed by atoms with Gasteiger partial charge in [0.25, 0.3) is 0 Å². The van der Waals surface area contributed by atoms with Crippen molar-refractivity contribution < 1.29 is 0 Å². The molecule has 2 fully saturated rings. The minimum absolute atomic E-state index is 0.0160. The molecule has 2 heterocycles. The molecule has 1 aliphatic carbocycles. The van der Waals surface area contributed by atoms with Crippen LogP contribution in [-0.4, -0.2) is 22.9 Å². The molecule has 0 unspecified atom stereocenters. The second-order valence-electron chi connectivity index (χ2n) is 7.83. The number of nitrogen functional groups attached to an aromatic ring is 1. The van der Waals surface area contributed by atoms with Crippen LogP contribution in [0.1, 0.15) is 40.0 Å². The van der Waals surface area contributed by atoms with Crippen molar-refractivity contribution in [2.75, 3.05) is 23.7 Å². The van der Waals surface area contributed by atoms with Gasteiger partial charge in [0.1, 0.15) is 0 Å². The molecule has 0 bridgehead atoms. The first-order chi connectivity index (χ1) is 9.90. The van der Waals surface area contributed by atoms with E-state index in [1.54, 1.807) is 0 Å². The molecule has 2 aromatic rings. The summed E-state index contributed by atoms with van der Waals surface area (Å²) in [5.41, 5.74) is 10.2. The fraction of sp³-hybridized carbons (Fsp3) is 0.588. The second-order valence-corrected chi connectivity index (χ2v) is 7.83. The highest BCUT2D eigenvalue weighted by molar-refractivity contribution is 5.98. The van der Waals surface area contributed by atoms with Crippen molar-refractivity contribution in [3.05, 3.63) is 18.3 Å². The van der Waals surface area contributed by atoms with Crippen LogP contribution in [0.3, 0.4) is 0 Å². The number of hydrogen-bond acceptors (Lipinski definition) is 3. The molecule has 1 aromatic carbocycles. The molecule has 1 aliphatic heterocycles. The van der Waals surface area contributed by atoms with Gasteiger partial charge >= 0.3 is 0 Å². The van der Waals surface area contributed by atoms with E-state index in [1.807, 2.05) is 12.3 Å². The molecule has 21 heavy (non-hydrogen) atoms. The van der Waals surface area contributed by atoms with Crippen molar-refractivity contribution in [1.82, 2.24) is 9.78 Å². The molecular weight excluding hydrogens is 260 g/mol. The Morgan fingerprint density at radius 1 is 1.19 bits per heavy atom. The summed E-state index contributed by atoms with van der Waals surface area (Å²) >= 11 is 0. The smallest absolute Gasteiger partial charge is 0.0711 e. The normalized spacial score (nSPS) is 20.6. The molecule has 1 spiro atoms. The lowest BCUT2D eigenvalue weighted by Gasteiger charge is -2.23. The fourth-order valence-electron chi connectivity index (χ4n) is 3.70. The maximum absolute atomic E-state index is 6.32. The number of fused-ring (bicyclic) bond motifs is 1. The number of aromatic nitrogens is 2. The summed E-state index contributed by atoms with van der Waals surface area (Å²) in [6.07, 6.45) is 6.08. The summed E-state index contributed by atoms with van der Waals surface area (Å²) in [5, 5.41) is 5.82. The van der Waals surface area contributed by atoms with E-state index in [0.717, 1.165) is 18.8 Å². The van der Waals surface area contributed by atoms with Gasteiger partial charge in [-0.25, -0.2) is 0 Å². The minimum Gasteiger partial charge on any atom is -0.397 e. The highest BCUT2D eigenvalue weighted by Gasteiger charge is 2.48. The zero-order chi connectivity index (χ0) is 14.8. The first-order valence-electron chi connectivity index (χ1n) is 7.91. The number of nitrogens with zero attached hydrogens (tertiary/aromatic N) is 3. The van der Waals surface area contributed by atoms with E-state index < -0.39 is 0 Å². The van der Waals surface area contributed by atoms with E-state index in [0.29, 0.717) is 5.41 Å². The Morgan fingerprint density at radius 2 is 1.95 bits per heavy atom. The number of hydrogen-bond donors (Lipinski definition) is 1. The predicted molar refractivity (Wildman–Crippen MR) is 87.6 cm³/mol. The molecule has 0 atom stereocenters. The largest absolute Gasteiger partial charge is 0.397 e. The Hall–Kier alpha value is -1.71. The van der Waals surface area contributed by atoms with Crippen molar-refractivity contribution in [1.29, 1.82) is 0 Å². The second kappa shape index (κ2) is 3.93. The third-order valence-electron chi connectivity index (χ3n) is 5.10. The number of rotatable bonds is 1. The third kappa shape index (κ3) is 1.92. The molecule has 112 valence electrons. The van der Waals surface area contributed by atoms with E-state index in [2.05, 4.69) is 41.5 Å². The Morgan fingerprint density at radius 3 is 2.57 bits per heavy atom. The van der Waals surface area contributed by atoms with Crippen LogP contribution in [0.4, 0.5) is 11.4 Å². The van der Waals surface area contributed by atoms with Crippen molar-refractivity contribution in [3.63, 3.8) is 0 Å². The van der Waals surface area contributed by atoms with Gasteiger partial charge in [-0.2, -0.15) is 5.10 Å². The molecule has 0 amide bonds. The molecule has 4 rings (SSSR count). The monoisotopic (exact) mass is 284 g/mol. The van der Waals surface area contributed by atoms with Crippen LogP contribution in [-0.2, 0) is 5.54 Å². The van der Waals surface area contributed by atoms with Crippen LogP contribution in [0.5, 0.6) is 0 Å². The fourth-order valence-corrected chi connectivity index (χ4v) is 3.70. The highest BCUT2D eigenvalue weighted by Crippen LogP contribution is 2.54. The van der Waals surface area contributed by atoms with Crippen LogP contribution < -0.4 is 10.6 Å². The lowest BCUT2D eigenvalue weighted by Crippen LogP contribution is -2.23. The zero-order valence-corrected chi connectivity index (χ0v) is 13.2. The average Bonchev–Trinajstić information content (AvgIpc) is 2.84. The number of nitrogens with two attached hydrogens (primary N) is 1. The maximum Gasteiger partial charge on any atom is 0.0711 e. The molecule has 0 radical (unpaired) electrons. The van der Waals surface area contributed by atoms with Gasteiger partial charge in [0, 0.05) is 18.5 Å². The standard InChI is InChI=1S/C17H24N4/c1-16(2,3)21-14-5-4-13(18)15(12(14)10-19-21)20-9-8-17(11-20)6-7-17/h4-5,10H,6-9,11,18H2,1-3H3. The summed E-state index contributed by atoms with van der Waals surface area (Å²) in [4.78, 5) is 2.49. The summed E-state index contributed by atoms with van der Waals surface area (Å²) < 4.78 is 2.11. The van der Waals surface area contributed by atoms with Crippen LogP contribution in [0.2, 0.25) is 0 Å². The van der Waals surface area contributed by atoms with Gasteiger partial charge in [-0.3, -0.25) is 4.68 Å². The molecule has 4 nitrogen and oxygen atoms in total. The van der Waals surface area contributed by atoms with Crippen LogP contribution >= 0.6 is 0 Å². The van der Waals surface area contributed by atoms with Crippen molar-refractivity contribution in [3.8, 4) is 0 Å². The summed E-state index contributed by atoms with van der Waals surface area (Å²) in [7, 11) is 0.